The number of nitrogens with zero attached hydrogens (tertiary/aromatic N) is 1. The highest BCUT2D eigenvalue weighted by molar-refractivity contribution is 6.00. The average molecular weight is 319 g/mol. The first-order chi connectivity index (χ1) is 11.0. The summed E-state index contributed by atoms with van der Waals surface area (Å²) in [6.45, 7) is 2.39. The van der Waals surface area contributed by atoms with Crippen LogP contribution in [0.15, 0.2) is 18.2 Å². The number of nitrogens with two attached hydrogens (primary N) is 1. The van der Waals surface area contributed by atoms with Crippen LogP contribution in [0.3, 0.4) is 0 Å². The molecule has 1 aliphatic rings. The third-order valence-corrected chi connectivity index (χ3v) is 3.82. The van der Waals surface area contributed by atoms with Gasteiger partial charge in [0.25, 0.3) is 5.91 Å². The number of anilines is 1. The minimum absolute atomic E-state index is 0.0372. The maximum atomic E-state index is 12.2. The fourth-order valence-corrected chi connectivity index (χ4v) is 2.55. The van der Waals surface area contributed by atoms with Gasteiger partial charge in [0, 0.05) is 17.8 Å². The predicted octanol–water partition coefficient (Wildman–Crippen LogP) is 1.09. The zero-order valence-corrected chi connectivity index (χ0v) is 13.3. The Morgan fingerprint density at radius 1 is 1.43 bits per heavy atom. The molecule has 1 aliphatic heterocycles. The summed E-state index contributed by atoms with van der Waals surface area (Å²) in [6, 6.07) is 5.09. The van der Waals surface area contributed by atoms with Gasteiger partial charge in [-0.25, -0.2) is 5.84 Å². The molecule has 0 aromatic heterocycles. The molecule has 0 saturated heterocycles. The van der Waals surface area contributed by atoms with Crippen molar-refractivity contribution in [3.8, 4) is 0 Å². The molecule has 23 heavy (non-hydrogen) atoms. The molecule has 0 spiro atoms. The Bertz CT molecular complexity index is 630. The first-order valence-corrected chi connectivity index (χ1v) is 7.53. The van der Waals surface area contributed by atoms with Crippen LogP contribution in [0.2, 0.25) is 0 Å². The van der Waals surface area contributed by atoms with Crippen molar-refractivity contribution in [1.29, 1.82) is 0 Å². The van der Waals surface area contributed by atoms with Crippen LogP contribution < -0.4 is 11.2 Å². The lowest BCUT2D eigenvalue weighted by Gasteiger charge is -2.25. The van der Waals surface area contributed by atoms with Crippen LogP contribution in [0.25, 0.3) is 0 Å². The summed E-state index contributed by atoms with van der Waals surface area (Å²) in [4.78, 5) is 35.6. The average Bonchev–Trinajstić information content (AvgIpc) is 2.54. The topological polar surface area (TPSA) is 102 Å². The lowest BCUT2D eigenvalue weighted by atomic mass is 9.90. The van der Waals surface area contributed by atoms with E-state index in [2.05, 4.69) is 10.1 Å². The molecule has 1 atom stereocenters. The molecular weight excluding hydrogens is 298 g/mol. The van der Waals surface area contributed by atoms with Gasteiger partial charge in [0.05, 0.1) is 19.4 Å². The number of methoxy groups -OCH3 is 1. The maximum absolute atomic E-state index is 12.2. The summed E-state index contributed by atoms with van der Waals surface area (Å²) in [6.07, 6.45) is 1.24. The van der Waals surface area contributed by atoms with Gasteiger partial charge in [0.15, 0.2) is 0 Å². The second kappa shape index (κ2) is 7.23. The molecule has 1 aromatic carbocycles. The van der Waals surface area contributed by atoms with Crippen LogP contribution in [0.5, 0.6) is 0 Å². The van der Waals surface area contributed by atoms with E-state index in [0.29, 0.717) is 24.2 Å². The van der Waals surface area contributed by atoms with Crippen molar-refractivity contribution in [1.82, 2.24) is 5.01 Å². The van der Waals surface area contributed by atoms with E-state index >= 15 is 0 Å². The summed E-state index contributed by atoms with van der Waals surface area (Å²) in [5, 5.41) is 3.91. The molecule has 7 heteroatoms. The zero-order chi connectivity index (χ0) is 17.0. The van der Waals surface area contributed by atoms with Gasteiger partial charge in [-0.15, -0.1) is 0 Å². The molecule has 7 nitrogen and oxygen atoms in total. The summed E-state index contributed by atoms with van der Waals surface area (Å²) in [5.41, 5.74) is 1.90. The number of esters is 1. The Kier molecular flexibility index (Phi) is 5.33. The lowest BCUT2D eigenvalue weighted by molar-refractivity contribution is -0.143. The quantitative estimate of drug-likeness (QED) is 0.366. The Labute approximate surface area is 134 Å². The van der Waals surface area contributed by atoms with Crippen molar-refractivity contribution < 1.29 is 19.1 Å². The van der Waals surface area contributed by atoms with Crippen molar-refractivity contribution in [2.45, 2.75) is 26.2 Å². The van der Waals surface area contributed by atoms with Crippen LogP contribution in [0.1, 0.15) is 35.7 Å². The summed E-state index contributed by atoms with van der Waals surface area (Å²) < 4.78 is 4.61. The fourth-order valence-electron chi connectivity index (χ4n) is 2.55. The van der Waals surface area contributed by atoms with Gasteiger partial charge >= 0.3 is 5.97 Å². The number of carbonyl (C=O) groups excluding carboxylic acids is 3. The highest BCUT2D eigenvalue weighted by Gasteiger charge is 2.29. The summed E-state index contributed by atoms with van der Waals surface area (Å²) in [7, 11) is 1.30. The van der Waals surface area contributed by atoms with Crippen molar-refractivity contribution >= 4 is 23.5 Å². The third-order valence-electron chi connectivity index (χ3n) is 3.82. The number of hydrazine groups is 1. The molecule has 1 aromatic rings. The molecule has 0 saturated carbocycles. The van der Waals surface area contributed by atoms with Crippen LogP contribution in [0.4, 0.5) is 5.69 Å². The van der Waals surface area contributed by atoms with Gasteiger partial charge in [-0.05, 0) is 30.5 Å². The van der Waals surface area contributed by atoms with E-state index in [1.54, 1.807) is 18.2 Å². The first kappa shape index (κ1) is 17.0. The van der Waals surface area contributed by atoms with Crippen LogP contribution in [-0.4, -0.2) is 36.4 Å². The summed E-state index contributed by atoms with van der Waals surface area (Å²) >= 11 is 0. The molecule has 2 amide bonds. The number of ether oxygens (including phenoxy) is 1. The minimum Gasteiger partial charge on any atom is -0.469 e. The Balaban J connectivity index is 2.17. The Morgan fingerprint density at radius 3 is 2.83 bits per heavy atom. The van der Waals surface area contributed by atoms with Gasteiger partial charge in [-0.2, -0.15) is 0 Å². The van der Waals surface area contributed by atoms with Crippen molar-refractivity contribution in [2.75, 3.05) is 19.0 Å². The van der Waals surface area contributed by atoms with Gasteiger partial charge in [-0.1, -0.05) is 13.0 Å². The number of carbonyl (C=O) groups is 3. The van der Waals surface area contributed by atoms with E-state index in [0.717, 1.165) is 17.0 Å². The van der Waals surface area contributed by atoms with Crippen LogP contribution in [-0.2, 0) is 20.7 Å². The van der Waals surface area contributed by atoms with Gasteiger partial charge < -0.3 is 10.1 Å². The smallest absolute Gasteiger partial charge is 0.306 e. The van der Waals surface area contributed by atoms with E-state index in [4.69, 9.17) is 5.84 Å². The molecule has 3 N–H and O–H groups in total. The second-order valence-electron chi connectivity index (χ2n) is 5.54. The molecule has 0 aliphatic carbocycles. The number of amides is 2. The van der Waals surface area contributed by atoms with Crippen molar-refractivity contribution in [2.24, 2.45) is 11.8 Å². The number of fused-ring (bicyclic) bond motifs is 1. The Hall–Kier alpha value is -2.41. The lowest BCUT2D eigenvalue weighted by Crippen LogP contribution is -2.38. The van der Waals surface area contributed by atoms with E-state index in [1.807, 2.05) is 6.92 Å². The highest BCUT2D eigenvalue weighted by Crippen LogP contribution is 2.28. The number of nitrogens with one attached hydrogen (secondary N) is 1. The first-order valence-electron chi connectivity index (χ1n) is 7.53. The standard InChI is InChI=1S/C16H21N3O4/c1-3-6-19(17)16(22)11-5-4-10-7-12(9-14(20)23-2)15(21)18-13(10)8-11/h4-5,8,12H,3,6-7,9,17H2,1-2H3,(H,18,21). The number of rotatable bonds is 5. The molecule has 1 unspecified atom stereocenters. The summed E-state index contributed by atoms with van der Waals surface area (Å²) in [5.74, 6) is 4.29. The third kappa shape index (κ3) is 3.87. The van der Waals surface area contributed by atoms with E-state index in [9.17, 15) is 14.4 Å². The predicted molar refractivity (Wildman–Crippen MR) is 84.4 cm³/mol. The fraction of sp³-hybridized carbons (Fsp3) is 0.438. The van der Waals surface area contributed by atoms with Crippen molar-refractivity contribution in [3.63, 3.8) is 0 Å². The van der Waals surface area contributed by atoms with E-state index in [1.165, 1.54) is 7.11 Å². The number of hydrogen-bond donors (Lipinski definition) is 2. The second-order valence-corrected chi connectivity index (χ2v) is 5.54. The molecule has 0 bridgehead atoms. The molecule has 0 fully saturated rings. The zero-order valence-electron chi connectivity index (χ0n) is 13.3. The monoisotopic (exact) mass is 319 g/mol. The molecule has 1 heterocycles. The SMILES string of the molecule is CCCN(N)C(=O)c1ccc2c(c1)NC(=O)C(CC(=O)OC)C2. The van der Waals surface area contributed by atoms with Crippen LogP contribution in [0, 0.1) is 5.92 Å². The minimum atomic E-state index is -0.456. The van der Waals surface area contributed by atoms with Crippen LogP contribution >= 0.6 is 0 Å². The maximum Gasteiger partial charge on any atom is 0.306 e. The van der Waals surface area contributed by atoms with E-state index < -0.39 is 11.9 Å². The number of hydrogen-bond acceptors (Lipinski definition) is 5. The molecule has 124 valence electrons. The molecular formula is C16H21N3O4. The largest absolute Gasteiger partial charge is 0.469 e. The Morgan fingerprint density at radius 2 is 2.17 bits per heavy atom. The van der Waals surface area contributed by atoms with Gasteiger partial charge in [-0.3, -0.25) is 19.4 Å². The van der Waals surface area contributed by atoms with Gasteiger partial charge in [0.1, 0.15) is 0 Å². The van der Waals surface area contributed by atoms with E-state index in [-0.39, 0.29) is 18.2 Å². The molecule has 0 radical (unpaired) electrons. The normalized spacial score (nSPS) is 16.3. The highest BCUT2D eigenvalue weighted by atomic mass is 16.5. The van der Waals surface area contributed by atoms with Gasteiger partial charge in [0.2, 0.25) is 5.91 Å². The van der Waals surface area contributed by atoms with Crippen molar-refractivity contribution in [3.05, 3.63) is 29.3 Å². The molecule has 2 rings (SSSR count). The number of benzene rings is 1.